The Kier molecular flexibility index (Phi) is 5.45. The Balaban J connectivity index is 1.21. The van der Waals surface area contributed by atoms with Crippen LogP contribution in [0.3, 0.4) is 0 Å². The third-order valence-electron chi connectivity index (χ3n) is 6.48. The van der Waals surface area contributed by atoms with Gasteiger partial charge in [0.05, 0.1) is 18.2 Å². The van der Waals surface area contributed by atoms with Crippen LogP contribution in [-0.2, 0) is 11.2 Å². The quantitative estimate of drug-likeness (QED) is 0.695. The van der Waals surface area contributed by atoms with Crippen LogP contribution < -0.4 is 15.0 Å². The fraction of sp³-hybridized carbons (Fsp3) is 0.400. The van der Waals surface area contributed by atoms with Gasteiger partial charge in [0.1, 0.15) is 17.9 Å². The van der Waals surface area contributed by atoms with Gasteiger partial charge in [-0.2, -0.15) is 0 Å². The zero-order chi connectivity index (χ0) is 21.2. The van der Waals surface area contributed by atoms with Crippen molar-refractivity contribution >= 4 is 22.6 Å². The van der Waals surface area contributed by atoms with E-state index in [2.05, 4.69) is 45.3 Å². The number of ether oxygens (including phenoxy) is 1. The van der Waals surface area contributed by atoms with E-state index in [1.54, 1.807) is 6.33 Å². The molecule has 5 rings (SSSR count). The van der Waals surface area contributed by atoms with Gasteiger partial charge in [-0.3, -0.25) is 4.79 Å². The average molecular weight is 417 g/mol. The standard InChI is InChI=1S/C25H28N4O2/c1-17(19-8-9-23-20(15-19)5-4-14-31-23)28-25(30)18-10-12-29(13-11-18)24-21-6-2-3-7-22(21)26-16-27-24/h2-3,6-9,15-18H,4-5,10-14H2,1H3,(H,28,30). The van der Waals surface area contributed by atoms with Crippen molar-refractivity contribution in [1.29, 1.82) is 0 Å². The summed E-state index contributed by atoms with van der Waals surface area (Å²) in [7, 11) is 0. The molecule has 1 atom stereocenters. The predicted molar refractivity (Wildman–Crippen MR) is 121 cm³/mol. The Morgan fingerprint density at radius 3 is 2.87 bits per heavy atom. The number of nitrogens with one attached hydrogen (secondary N) is 1. The minimum Gasteiger partial charge on any atom is -0.493 e. The SMILES string of the molecule is CC(NC(=O)C1CCN(c2ncnc3ccccc23)CC1)c1ccc2c(c1)CCCO2. The molecule has 0 radical (unpaired) electrons. The zero-order valence-corrected chi connectivity index (χ0v) is 17.9. The smallest absolute Gasteiger partial charge is 0.223 e. The normalized spacial score (nSPS) is 17.6. The number of hydrogen-bond acceptors (Lipinski definition) is 5. The van der Waals surface area contributed by atoms with Crippen molar-refractivity contribution in [1.82, 2.24) is 15.3 Å². The number of anilines is 1. The summed E-state index contributed by atoms with van der Waals surface area (Å²) < 4.78 is 5.71. The van der Waals surface area contributed by atoms with Crippen LogP contribution in [0.15, 0.2) is 48.8 Å². The second-order valence-corrected chi connectivity index (χ2v) is 8.53. The van der Waals surface area contributed by atoms with E-state index in [4.69, 9.17) is 4.74 Å². The van der Waals surface area contributed by atoms with Gasteiger partial charge in [0.15, 0.2) is 0 Å². The Morgan fingerprint density at radius 1 is 1.16 bits per heavy atom. The van der Waals surface area contributed by atoms with Crippen molar-refractivity contribution in [3.63, 3.8) is 0 Å². The second-order valence-electron chi connectivity index (χ2n) is 8.53. The summed E-state index contributed by atoms with van der Waals surface area (Å²) in [6.07, 6.45) is 5.38. The van der Waals surface area contributed by atoms with Gasteiger partial charge >= 0.3 is 0 Å². The number of rotatable bonds is 4. The Bertz CT molecular complexity index is 1090. The number of hydrogen-bond donors (Lipinski definition) is 1. The average Bonchev–Trinajstić information content (AvgIpc) is 2.83. The highest BCUT2D eigenvalue weighted by Crippen LogP contribution is 2.30. The first-order valence-electron chi connectivity index (χ1n) is 11.2. The van der Waals surface area contributed by atoms with Crippen LogP contribution in [0, 0.1) is 5.92 Å². The summed E-state index contributed by atoms with van der Waals surface area (Å²) in [6, 6.07) is 14.4. The van der Waals surface area contributed by atoms with Crippen LogP contribution in [0.4, 0.5) is 5.82 Å². The molecule has 0 aliphatic carbocycles. The molecule has 6 heteroatoms. The lowest BCUT2D eigenvalue weighted by atomic mass is 9.94. The highest BCUT2D eigenvalue weighted by molar-refractivity contribution is 5.89. The van der Waals surface area contributed by atoms with E-state index in [-0.39, 0.29) is 17.9 Å². The van der Waals surface area contributed by atoms with Gasteiger partial charge in [-0.05, 0) is 61.9 Å². The molecule has 0 spiro atoms. The highest BCUT2D eigenvalue weighted by Gasteiger charge is 2.27. The lowest BCUT2D eigenvalue weighted by molar-refractivity contribution is -0.126. The van der Waals surface area contributed by atoms with Gasteiger partial charge in [-0.25, -0.2) is 9.97 Å². The summed E-state index contributed by atoms with van der Waals surface area (Å²) in [6.45, 7) is 4.50. The number of aromatic nitrogens is 2. The summed E-state index contributed by atoms with van der Waals surface area (Å²) in [5.74, 6) is 2.13. The van der Waals surface area contributed by atoms with Crippen molar-refractivity contribution in [2.75, 3.05) is 24.6 Å². The number of fused-ring (bicyclic) bond motifs is 2. The number of carbonyl (C=O) groups excluding carboxylic acids is 1. The molecule has 1 amide bonds. The number of nitrogens with zero attached hydrogens (tertiary/aromatic N) is 3. The predicted octanol–water partition coefficient (Wildman–Crippen LogP) is 4.05. The number of benzene rings is 2. The van der Waals surface area contributed by atoms with Gasteiger partial charge in [-0.15, -0.1) is 0 Å². The van der Waals surface area contributed by atoms with Crippen molar-refractivity contribution in [2.45, 2.75) is 38.6 Å². The van der Waals surface area contributed by atoms with Gasteiger partial charge < -0.3 is 15.0 Å². The van der Waals surface area contributed by atoms with Gasteiger partial charge in [-0.1, -0.05) is 24.3 Å². The molecule has 0 saturated carbocycles. The van der Waals surface area contributed by atoms with Crippen molar-refractivity contribution in [2.24, 2.45) is 5.92 Å². The molecule has 1 aromatic heterocycles. The van der Waals surface area contributed by atoms with Crippen LogP contribution in [0.2, 0.25) is 0 Å². The highest BCUT2D eigenvalue weighted by atomic mass is 16.5. The van der Waals surface area contributed by atoms with E-state index in [0.29, 0.717) is 0 Å². The number of amides is 1. The van der Waals surface area contributed by atoms with Crippen LogP contribution in [-0.4, -0.2) is 35.6 Å². The molecule has 1 fully saturated rings. The monoisotopic (exact) mass is 416 g/mol. The van der Waals surface area contributed by atoms with E-state index < -0.39 is 0 Å². The molecule has 160 valence electrons. The largest absolute Gasteiger partial charge is 0.493 e. The van der Waals surface area contributed by atoms with E-state index in [9.17, 15) is 4.79 Å². The van der Waals surface area contributed by atoms with Gasteiger partial charge in [0, 0.05) is 24.4 Å². The van der Waals surface area contributed by atoms with Crippen LogP contribution >= 0.6 is 0 Å². The minimum absolute atomic E-state index is 0.0106. The van der Waals surface area contributed by atoms with Crippen molar-refractivity contribution in [3.05, 3.63) is 59.9 Å². The molecular weight excluding hydrogens is 388 g/mol. The van der Waals surface area contributed by atoms with Crippen LogP contribution in [0.25, 0.3) is 10.9 Å². The Morgan fingerprint density at radius 2 is 2.00 bits per heavy atom. The number of carbonyl (C=O) groups is 1. The topological polar surface area (TPSA) is 67.4 Å². The molecule has 3 heterocycles. The maximum absolute atomic E-state index is 12.9. The molecule has 2 aromatic carbocycles. The third kappa shape index (κ3) is 4.07. The first-order chi connectivity index (χ1) is 15.2. The van der Waals surface area contributed by atoms with Gasteiger partial charge in [0.25, 0.3) is 0 Å². The molecular formula is C25H28N4O2. The number of para-hydroxylation sites is 1. The minimum atomic E-state index is -0.0106. The fourth-order valence-electron chi connectivity index (χ4n) is 4.66. The second kappa shape index (κ2) is 8.53. The zero-order valence-electron chi connectivity index (χ0n) is 17.9. The van der Waals surface area contributed by atoms with E-state index >= 15 is 0 Å². The van der Waals surface area contributed by atoms with Crippen molar-refractivity contribution < 1.29 is 9.53 Å². The lowest BCUT2D eigenvalue weighted by Crippen LogP contribution is -2.41. The number of piperidine rings is 1. The molecule has 2 aliphatic heterocycles. The molecule has 6 nitrogen and oxygen atoms in total. The third-order valence-corrected chi connectivity index (χ3v) is 6.48. The molecule has 1 N–H and O–H groups in total. The summed E-state index contributed by atoms with van der Waals surface area (Å²) in [4.78, 5) is 24.1. The van der Waals surface area contributed by atoms with E-state index in [1.165, 1.54) is 5.56 Å². The Hall–Kier alpha value is -3.15. The summed E-state index contributed by atoms with van der Waals surface area (Å²) in [5.41, 5.74) is 3.34. The fourth-order valence-corrected chi connectivity index (χ4v) is 4.66. The molecule has 2 aliphatic rings. The first-order valence-corrected chi connectivity index (χ1v) is 11.2. The maximum Gasteiger partial charge on any atom is 0.223 e. The lowest BCUT2D eigenvalue weighted by Gasteiger charge is -2.33. The van der Waals surface area contributed by atoms with E-state index in [0.717, 1.165) is 73.4 Å². The molecule has 0 bridgehead atoms. The maximum atomic E-state index is 12.9. The summed E-state index contributed by atoms with van der Waals surface area (Å²) >= 11 is 0. The van der Waals surface area contributed by atoms with Gasteiger partial charge in [0.2, 0.25) is 5.91 Å². The van der Waals surface area contributed by atoms with Crippen molar-refractivity contribution in [3.8, 4) is 5.75 Å². The van der Waals surface area contributed by atoms with Crippen LogP contribution in [0.1, 0.15) is 43.4 Å². The molecule has 3 aromatic rings. The number of aryl methyl sites for hydroxylation is 1. The first kappa shape index (κ1) is 19.8. The molecule has 31 heavy (non-hydrogen) atoms. The Labute approximate surface area is 182 Å². The molecule has 1 saturated heterocycles. The molecule has 1 unspecified atom stereocenters. The van der Waals surface area contributed by atoms with Crippen LogP contribution in [0.5, 0.6) is 5.75 Å². The summed E-state index contributed by atoms with van der Waals surface area (Å²) in [5, 5.41) is 4.30. The van der Waals surface area contributed by atoms with E-state index in [1.807, 2.05) is 24.3 Å².